The number of carbonyl (C=O) groups excluding carboxylic acids is 1. The van der Waals surface area contributed by atoms with Crippen molar-refractivity contribution < 1.29 is 9.90 Å². The molecule has 0 aliphatic rings. The third-order valence-electron chi connectivity index (χ3n) is 1.45. The van der Waals surface area contributed by atoms with Gasteiger partial charge in [0.05, 0.1) is 0 Å². The number of hydrogen-bond acceptors (Lipinski definition) is 2. The van der Waals surface area contributed by atoms with E-state index >= 15 is 0 Å². The minimum absolute atomic E-state index is 0.0133. The van der Waals surface area contributed by atoms with Gasteiger partial charge in [-0.3, -0.25) is 4.79 Å². The van der Waals surface area contributed by atoms with Crippen molar-refractivity contribution in [1.29, 1.82) is 0 Å². The van der Waals surface area contributed by atoms with E-state index in [1.54, 1.807) is 26.8 Å². The summed E-state index contributed by atoms with van der Waals surface area (Å²) in [5, 5.41) is 9.19. The molecule has 0 fully saturated rings. The summed E-state index contributed by atoms with van der Waals surface area (Å²) >= 11 is 0. The van der Waals surface area contributed by atoms with Crippen molar-refractivity contribution in [3.8, 4) is 0 Å². The van der Waals surface area contributed by atoms with Gasteiger partial charge in [-0.25, -0.2) is 0 Å². The summed E-state index contributed by atoms with van der Waals surface area (Å²) in [6.45, 7) is 5.19. The fourth-order valence-corrected chi connectivity index (χ4v) is 0.691. The van der Waals surface area contributed by atoms with E-state index in [1.807, 2.05) is 0 Å². The van der Waals surface area contributed by atoms with Crippen molar-refractivity contribution in [3.63, 3.8) is 0 Å². The van der Waals surface area contributed by atoms with Gasteiger partial charge in [0.2, 0.25) is 0 Å². The number of allylic oxidation sites excluding steroid dienone is 3. The van der Waals surface area contributed by atoms with E-state index in [4.69, 9.17) is 0 Å². The molecule has 0 unspecified atom stereocenters. The van der Waals surface area contributed by atoms with Crippen LogP contribution in [-0.4, -0.2) is 10.9 Å². The van der Waals surface area contributed by atoms with E-state index in [1.165, 1.54) is 6.08 Å². The molecule has 0 heterocycles. The summed E-state index contributed by atoms with van der Waals surface area (Å²) in [4.78, 5) is 11.0. The van der Waals surface area contributed by atoms with Crippen molar-refractivity contribution in [2.24, 2.45) is 0 Å². The van der Waals surface area contributed by atoms with Crippen molar-refractivity contribution in [1.82, 2.24) is 0 Å². The van der Waals surface area contributed by atoms with E-state index < -0.39 is 0 Å². The average molecular weight is 154 g/mol. The molecule has 0 radical (unpaired) electrons. The van der Waals surface area contributed by atoms with Crippen LogP contribution in [0.3, 0.4) is 0 Å². The average Bonchev–Trinajstić information content (AvgIpc) is 2.02. The molecular formula is C9H14O2. The summed E-state index contributed by atoms with van der Waals surface area (Å²) in [5.41, 5.74) is 0.436. The normalized spacial score (nSPS) is 13.4. The maximum atomic E-state index is 11.0. The molecule has 0 aliphatic heterocycles. The van der Waals surface area contributed by atoms with E-state index in [0.717, 1.165) is 0 Å². The topological polar surface area (TPSA) is 37.3 Å². The number of hydrogen-bond donors (Lipinski definition) is 1. The van der Waals surface area contributed by atoms with Gasteiger partial charge >= 0.3 is 0 Å². The smallest absolute Gasteiger partial charge is 0.161 e. The second-order valence-electron chi connectivity index (χ2n) is 2.29. The van der Waals surface area contributed by atoms with Crippen LogP contribution in [0.1, 0.15) is 27.2 Å². The second-order valence-corrected chi connectivity index (χ2v) is 2.29. The van der Waals surface area contributed by atoms with E-state index in [9.17, 15) is 9.90 Å². The molecule has 0 spiro atoms. The van der Waals surface area contributed by atoms with Gasteiger partial charge in [0.15, 0.2) is 5.78 Å². The van der Waals surface area contributed by atoms with Crippen LogP contribution >= 0.6 is 0 Å². The highest BCUT2D eigenvalue weighted by molar-refractivity contribution is 5.95. The largest absolute Gasteiger partial charge is 0.508 e. The lowest BCUT2D eigenvalue weighted by atomic mass is 10.1. The summed E-state index contributed by atoms with van der Waals surface area (Å²) in [6.07, 6.45) is 3.65. The molecule has 0 aromatic rings. The van der Waals surface area contributed by atoms with Crippen molar-refractivity contribution in [2.45, 2.75) is 27.2 Å². The molecule has 0 saturated carbocycles. The SMILES string of the molecule is C/C=C/C(O)=C(\C)C(=O)CC. The van der Waals surface area contributed by atoms with Gasteiger partial charge in [-0.1, -0.05) is 13.0 Å². The highest BCUT2D eigenvalue weighted by Gasteiger charge is 2.04. The van der Waals surface area contributed by atoms with E-state index in [0.29, 0.717) is 12.0 Å². The first-order valence-electron chi connectivity index (χ1n) is 3.69. The van der Waals surface area contributed by atoms with Gasteiger partial charge in [0.1, 0.15) is 5.76 Å². The van der Waals surface area contributed by atoms with Gasteiger partial charge in [-0.2, -0.15) is 0 Å². The molecule has 0 rings (SSSR count). The standard InChI is InChI=1S/C9H14O2/c1-4-6-9(11)7(3)8(10)5-2/h4,6,11H,5H2,1-3H3/b6-4+,9-7-. The summed E-state index contributed by atoms with van der Waals surface area (Å²) in [6, 6.07) is 0. The summed E-state index contributed by atoms with van der Waals surface area (Å²) in [7, 11) is 0. The Bertz CT molecular complexity index is 200. The Morgan fingerprint density at radius 2 is 2.09 bits per heavy atom. The first-order chi connectivity index (χ1) is 5.13. The minimum Gasteiger partial charge on any atom is -0.508 e. The first kappa shape index (κ1) is 9.95. The Kier molecular flexibility index (Phi) is 4.27. The maximum absolute atomic E-state index is 11.0. The molecule has 11 heavy (non-hydrogen) atoms. The van der Waals surface area contributed by atoms with E-state index in [-0.39, 0.29) is 11.5 Å². The zero-order chi connectivity index (χ0) is 8.85. The fourth-order valence-electron chi connectivity index (χ4n) is 0.691. The molecule has 62 valence electrons. The zero-order valence-corrected chi connectivity index (χ0v) is 7.22. The van der Waals surface area contributed by atoms with Crippen LogP contribution in [0.15, 0.2) is 23.5 Å². The Hall–Kier alpha value is -1.05. The number of Topliss-reactive ketones (excluding diaryl/α,β-unsaturated/α-hetero) is 1. The van der Waals surface area contributed by atoms with Gasteiger partial charge in [-0.05, 0) is 19.9 Å². The predicted octanol–water partition coefficient (Wildman–Crippen LogP) is 2.37. The Morgan fingerprint density at radius 3 is 2.45 bits per heavy atom. The number of ketones is 1. The molecule has 1 N–H and O–H groups in total. The molecule has 2 nitrogen and oxygen atoms in total. The Balaban J connectivity index is 4.51. The Labute approximate surface area is 67.2 Å². The van der Waals surface area contributed by atoms with Crippen molar-refractivity contribution in [3.05, 3.63) is 23.5 Å². The molecule has 2 heteroatoms. The summed E-state index contributed by atoms with van der Waals surface area (Å²) in [5.74, 6) is 0.0555. The number of rotatable bonds is 3. The van der Waals surface area contributed by atoms with Crippen LogP contribution in [0.4, 0.5) is 0 Å². The molecule has 0 atom stereocenters. The van der Waals surface area contributed by atoms with Crippen LogP contribution in [0, 0.1) is 0 Å². The highest BCUT2D eigenvalue weighted by atomic mass is 16.3. The second kappa shape index (κ2) is 4.72. The van der Waals surface area contributed by atoms with Gasteiger partial charge in [0, 0.05) is 12.0 Å². The monoisotopic (exact) mass is 154 g/mol. The third kappa shape index (κ3) is 3.03. The predicted molar refractivity (Wildman–Crippen MR) is 45.4 cm³/mol. The van der Waals surface area contributed by atoms with E-state index in [2.05, 4.69) is 0 Å². The van der Waals surface area contributed by atoms with Crippen LogP contribution in [0.2, 0.25) is 0 Å². The number of aliphatic hydroxyl groups excluding tert-OH is 1. The van der Waals surface area contributed by atoms with Gasteiger partial charge < -0.3 is 5.11 Å². The lowest BCUT2D eigenvalue weighted by Crippen LogP contribution is -1.99. The lowest BCUT2D eigenvalue weighted by molar-refractivity contribution is -0.115. The fraction of sp³-hybridized carbons (Fsp3) is 0.444. The van der Waals surface area contributed by atoms with Gasteiger partial charge in [-0.15, -0.1) is 0 Å². The quantitative estimate of drug-likeness (QED) is 0.385. The molecular weight excluding hydrogens is 140 g/mol. The summed E-state index contributed by atoms with van der Waals surface area (Å²) < 4.78 is 0. The highest BCUT2D eigenvalue weighted by Crippen LogP contribution is 2.05. The molecule has 0 amide bonds. The number of aliphatic hydroxyl groups is 1. The number of carbonyl (C=O) groups is 1. The zero-order valence-electron chi connectivity index (χ0n) is 7.22. The molecule has 0 bridgehead atoms. The van der Waals surface area contributed by atoms with Crippen molar-refractivity contribution in [2.75, 3.05) is 0 Å². The first-order valence-corrected chi connectivity index (χ1v) is 3.69. The maximum Gasteiger partial charge on any atom is 0.161 e. The van der Waals surface area contributed by atoms with Crippen LogP contribution < -0.4 is 0 Å². The Morgan fingerprint density at radius 1 is 1.55 bits per heavy atom. The van der Waals surface area contributed by atoms with Gasteiger partial charge in [0.25, 0.3) is 0 Å². The van der Waals surface area contributed by atoms with Crippen LogP contribution in [0.5, 0.6) is 0 Å². The molecule has 0 aromatic carbocycles. The lowest BCUT2D eigenvalue weighted by Gasteiger charge is -1.98. The van der Waals surface area contributed by atoms with Crippen LogP contribution in [-0.2, 0) is 4.79 Å². The third-order valence-corrected chi connectivity index (χ3v) is 1.45. The molecule has 0 saturated heterocycles. The van der Waals surface area contributed by atoms with Crippen LogP contribution in [0.25, 0.3) is 0 Å². The molecule has 0 aromatic heterocycles. The van der Waals surface area contributed by atoms with Crippen molar-refractivity contribution >= 4 is 5.78 Å². The molecule has 0 aliphatic carbocycles. The minimum atomic E-state index is -0.0133.